The van der Waals surface area contributed by atoms with Crippen LogP contribution in [0.15, 0.2) is 30.6 Å². The Morgan fingerprint density at radius 3 is 1.71 bits per heavy atom. The van der Waals surface area contributed by atoms with Crippen LogP contribution < -0.4 is 4.57 Å². The van der Waals surface area contributed by atoms with Crippen molar-refractivity contribution in [2.75, 3.05) is 0 Å². The minimum atomic E-state index is -11.2. The van der Waals surface area contributed by atoms with Crippen LogP contribution in [0.1, 0.15) is 21.2 Å². The maximum atomic E-state index is 9.93. The maximum absolute atomic E-state index is 11.2. The number of unbranched alkanes of at least 4 members (excludes halogenated alkanes) is 1. The molecule has 0 aliphatic carbocycles. The van der Waals surface area contributed by atoms with E-state index < -0.39 is 19.5 Å². The fourth-order valence-corrected chi connectivity index (χ4v) is 0.924. The van der Waals surface area contributed by atoms with Crippen molar-refractivity contribution in [2.45, 2.75) is 26.3 Å². The van der Waals surface area contributed by atoms with Gasteiger partial charge in [-0.2, -0.15) is 0 Å². The zero-order valence-electron chi connectivity index (χ0n) is 10.2. The second-order valence-electron chi connectivity index (χ2n) is 3.43. The summed E-state index contributed by atoms with van der Waals surface area (Å²) >= 11 is -11.2. The topological polar surface area (TPSA) is 3.88 Å². The summed E-state index contributed by atoms with van der Waals surface area (Å²) in [6, 6.07) is 6.17. The molecule has 0 spiro atoms. The third kappa shape index (κ3) is 21.4. The minimum absolute atomic E-state index is 0. The van der Waals surface area contributed by atoms with Gasteiger partial charge in [0.05, 0.1) is 0 Å². The number of nitrogens with zero attached hydrogens (tertiary/aromatic N) is 1. The molecule has 0 aromatic carbocycles. The molecular weight excluding hydrogens is 358 g/mol. The molecule has 17 heavy (non-hydrogen) atoms. The van der Waals surface area contributed by atoms with E-state index in [9.17, 15) is 16.9 Å². The average Bonchev–Trinajstić information content (AvgIpc) is 2.11. The number of aryl methyl sites for hydroxylation is 1. The molecule has 8 heteroatoms. The third-order valence-electron chi connectivity index (χ3n) is 1.55. The Kier molecular flexibility index (Phi) is 4.91. The van der Waals surface area contributed by atoms with Crippen molar-refractivity contribution in [1.29, 1.82) is 0 Å². The first kappa shape index (κ1) is 16.5. The van der Waals surface area contributed by atoms with Crippen molar-refractivity contribution in [1.82, 2.24) is 0 Å². The summed E-state index contributed by atoms with van der Waals surface area (Å²) in [7, 11) is 0. The predicted octanol–water partition coefficient (Wildman–Crippen LogP) is 4.03. The van der Waals surface area contributed by atoms with E-state index in [2.05, 4.69) is 36.0 Å². The predicted molar refractivity (Wildman–Crippen MR) is 55.1 cm³/mol. The maximum Gasteiger partial charge on any atom is 1.00 e. The van der Waals surface area contributed by atoms with E-state index in [0.717, 1.165) is 6.54 Å². The Morgan fingerprint density at radius 2 is 1.35 bits per heavy atom. The zero-order chi connectivity index (χ0) is 13.6. The van der Waals surface area contributed by atoms with Gasteiger partial charge in [-0.15, -0.1) is 0 Å². The van der Waals surface area contributed by atoms with Crippen LogP contribution in [0.5, 0.6) is 0 Å². The summed E-state index contributed by atoms with van der Waals surface area (Å²) < 4.78 is 61.8. The molecule has 0 radical (unpaired) electrons. The molecule has 1 nitrogen and oxygen atoms in total. The molecule has 0 aliphatic heterocycles. The largest absolute Gasteiger partial charge is 1.00 e. The molecule has 1 aromatic rings. The van der Waals surface area contributed by atoms with Crippen LogP contribution in [-0.2, 0) is 6.54 Å². The number of aromatic nitrogens is 1. The van der Waals surface area contributed by atoms with Crippen molar-refractivity contribution in [3.8, 4) is 0 Å². The van der Waals surface area contributed by atoms with Crippen LogP contribution in [0.3, 0.4) is 0 Å². The normalized spacial score (nSPS) is 15.2. The molecule has 0 saturated carbocycles. The van der Waals surface area contributed by atoms with Crippen molar-refractivity contribution < 1.29 is 22.9 Å². The van der Waals surface area contributed by atoms with Crippen molar-refractivity contribution in [3.05, 3.63) is 30.6 Å². The number of halogens is 6. The van der Waals surface area contributed by atoms with Gasteiger partial charge in [0.2, 0.25) is 0 Å². The van der Waals surface area contributed by atoms with Crippen LogP contribution in [0.2, 0.25) is 0 Å². The first-order valence-corrected chi connectivity index (χ1v) is 10.7. The number of pyridine rings is 1. The van der Waals surface area contributed by atoms with Gasteiger partial charge in [0.1, 0.15) is 6.54 Å². The summed E-state index contributed by atoms with van der Waals surface area (Å²) in [5.41, 5.74) is 0. The summed E-state index contributed by atoms with van der Waals surface area (Å²) in [5, 5.41) is 0. The van der Waals surface area contributed by atoms with E-state index in [0.29, 0.717) is 0 Å². The number of rotatable bonds is 3. The van der Waals surface area contributed by atoms with Gasteiger partial charge in [0, 0.05) is 18.6 Å². The molecule has 0 saturated heterocycles. The Labute approximate surface area is 99.4 Å². The Morgan fingerprint density at radius 1 is 0.941 bits per heavy atom. The van der Waals surface area contributed by atoms with Gasteiger partial charge in [0.25, 0.3) is 0 Å². The molecule has 1 heterocycles. The van der Waals surface area contributed by atoms with Gasteiger partial charge in [0.15, 0.2) is 12.4 Å². The summed E-state index contributed by atoms with van der Waals surface area (Å²) in [6.07, 6.45) is 6.75. The molecular formula is C9H15F6NSb+. The second kappa shape index (κ2) is 5.04. The standard InChI is InChI=1S/C9H14N.6FH.Sb/c1-2-3-7-10-8-5-4-6-9-10;;;;;;;/h4-6,8-9H,2-3,7H2,1H3;6*1H;/q+1;;;;;;;+5/p-5. The zero-order valence-corrected chi connectivity index (χ0v) is 11.7. The van der Waals surface area contributed by atoms with Crippen LogP contribution in [0.4, 0.5) is 16.9 Å². The molecule has 0 atom stereocenters. The van der Waals surface area contributed by atoms with Crippen molar-refractivity contribution >= 4 is 19.5 Å². The Balaban J connectivity index is 0. The van der Waals surface area contributed by atoms with Crippen molar-refractivity contribution in [2.24, 2.45) is 0 Å². The Bertz CT molecular complexity index is 326. The van der Waals surface area contributed by atoms with Crippen LogP contribution >= 0.6 is 0 Å². The molecule has 0 N–H and O–H groups in total. The molecule has 0 bridgehead atoms. The van der Waals surface area contributed by atoms with Crippen molar-refractivity contribution in [3.63, 3.8) is 0 Å². The first-order valence-electron chi connectivity index (χ1n) is 4.89. The van der Waals surface area contributed by atoms with Gasteiger partial charge >= 0.3 is 37.8 Å². The molecule has 1 aromatic heterocycles. The quantitative estimate of drug-likeness (QED) is 0.428. The van der Waals surface area contributed by atoms with Gasteiger partial charge in [-0.05, 0) is 0 Å². The number of hydrogen-bond donors (Lipinski definition) is 0. The summed E-state index contributed by atoms with van der Waals surface area (Å²) in [4.78, 5) is 0. The third-order valence-corrected chi connectivity index (χ3v) is 1.55. The molecule has 0 aliphatic rings. The molecule has 102 valence electrons. The van der Waals surface area contributed by atoms with Gasteiger partial charge < -0.3 is 0 Å². The van der Waals surface area contributed by atoms with Crippen LogP contribution in [-0.4, -0.2) is 19.5 Å². The van der Waals surface area contributed by atoms with E-state index in [-0.39, 0.29) is 1.43 Å². The summed E-state index contributed by atoms with van der Waals surface area (Å²) in [5.74, 6) is 0. The van der Waals surface area contributed by atoms with Gasteiger partial charge in [-0.1, -0.05) is 19.4 Å². The Hall–Kier alpha value is -0.452. The van der Waals surface area contributed by atoms with E-state index in [1.807, 2.05) is 6.07 Å². The van der Waals surface area contributed by atoms with E-state index in [4.69, 9.17) is 0 Å². The van der Waals surface area contributed by atoms with E-state index in [1.165, 1.54) is 12.8 Å². The SMILES string of the molecule is CCCC[n+]1ccccc1.[F][Sb-]([F])([F])([F])([F])[F].[H+]. The first-order chi connectivity index (χ1) is 7.38. The molecule has 1 rings (SSSR count). The second-order valence-corrected chi connectivity index (χ2v) is 8.90. The smallest absolute Gasteiger partial charge is 1.00 e. The number of hydrogen-bond acceptors (Lipinski definition) is 0. The van der Waals surface area contributed by atoms with E-state index in [1.54, 1.807) is 0 Å². The molecule has 0 amide bonds. The molecule has 0 fully saturated rings. The molecule has 0 unspecified atom stereocenters. The minimum Gasteiger partial charge on any atom is 1.00 e. The monoisotopic (exact) mass is 372 g/mol. The fourth-order valence-electron chi connectivity index (χ4n) is 0.924. The fraction of sp³-hybridized carbons (Fsp3) is 0.444. The van der Waals surface area contributed by atoms with Crippen LogP contribution in [0.25, 0.3) is 0 Å². The summed E-state index contributed by atoms with van der Waals surface area (Å²) in [6.45, 7) is 3.36. The average molecular weight is 373 g/mol. The van der Waals surface area contributed by atoms with Gasteiger partial charge in [-0.3, -0.25) is 0 Å². The van der Waals surface area contributed by atoms with Gasteiger partial charge in [-0.25, -0.2) is 4.57 Å². The van der Waals surface area contributed by atoms with E-state index >= 15 is 0 Å². The van der Waals surface area contributed by atoms with Crippen LogP contribution in [0, 0.1) is 0 Å².